The molecule has 4 aliphatic carbocycles. The van der Waals surface area contributed by atoms with Crippen LogP contribution in [-0.4, -0.2) is 35.0 Å². The van der Waals surface area contributed by atoms with E-state index >= 15 is 0 Å². The molecule has 4 nitrogen and oxygen atoms in total. The van der Waals surface area contributed by atoms with Crippen LogP contribution in [0, 0.1) is 29.1 Å². The summed E-state index contributed by atoms with van der Waals surface area (Å²) in [5.74, 6) is 2.01. The number of piperidine rings is 1. The molecule has 0 spiro atoms. The van der Waals surface area contributed by atoms with Gasteiger partial charge in [0, 0.05) is 19.5 Å². The average molecular weight is 305 g/mol. The molecule has 0 radical (unpaired) electrons. The van der Waals surface area contributed by atoms with Gasteiger partial charge in [-0.2, -0.15) is 0 Å². The zero-order chi connectivity index (χ0) is 15.3. The molecule has 4 bridgehead atoms. The molecule has 0 aromatic heterocycles. The molecule has 122 valence electrons. The zero-order valence-corrected chi connectivity index (χ0v) is 13.3. The minimum Gasteiger partial charge on any atom is -0.481 e. The van der Waals surface area contributed by atoms with Crippen molar-refractivity contribution in [3.63, 3.8) is 0 Å². The summed E-state index contributed by atoms with van der Waals surface area (Å²) in [6.07, 6.45) is 10.0. The van der Waals surface area contributed by atoms with Crippen LogP contribution in [0.25, 0.3) is 0 Å². The summed E-state index contributed by atoms with van der Waals surface area (Å²) >= 11 is 0. The van der Waals surface area contributed by atoms with Gasteiger partial charge in [-0.05, 0) is 74.5 Å². The summed E-state index contributed by atoms with van der Waals surface area (Å²) in [5, 5.41) is 9.07. The summed E-state index contributed by atoms with van der Waals surface area (Å²) in [4.78, 5) is 25.7. The van der Waals surface area contributed by atoms with Crippen molar-refractivity contribution < 1.29 is 14.7 Å². The molecule has 5 aliphatic rings. The van der Waals surface area contributed by atoms with Gasteiger partial charge in [0.15, 0.2) is 0 Å². The Morgan fingerprint density at radius 3 is 1.91 bits per heavy atom. The molecule has 5 rings (SSSR count). The quantitative estimate of drug-likeness (QED) is 0.872. The number of aliphatic carboxylic acids is 1. The maximum absolute atomic E-state index is 12.7. The molecule has 4 heteroatoms. The third-order valence-electron chi connectivity index (χ3n) is 6.89. The van der Waals surface area contributed by atoms with E-state index < -0.39 is 5.97 Å². The average Bonchev–Trinajstić information content (AvgIpc) is 2.45. The molecule has 0 aromatic rings. The summed E-state index contributed by atoms with van der Waals surface area (Å²) in [5.41, 5.74) is 0.301. The monoisotopic (exact) mass is 305 g/mol. The molecule has 22 heavy (non-hydrogen) atoms. The number of carbonyl (C=O) groups is 2. The zero-order valence-electron chi connectivity index (χ0n) is 13.3. The molecule has 0 atom stereocenters. The summed E-state index contributed by atoms with van der Waals surface area (Å²) < 4.78 is 0. The lowest BCUT2D eigenvalue weighted by Gasteiger charge is -2.57. The van der Waals surface area contributed by atoms with E-state index in [2.05, 4.69) is 0 Å². The number of likely N-dealkylation sites (tertiary alicyclic amines) is 1. The number of carboxylic acid groups (broad SMARTS) is 1. The van der Waals surface area contributed by atoms with Gasteiger partial charge in [0.05, 0.1) is 5.92 Å². The Labute approximate surface area is 132 Å². The van der Waals surface area contributed by atoms with E-state index in [9.17, 15) is 9.59 Å². The Morgan fingerprint density at radius 2 is 1.45 bits per heavy atom. The van der Waals surface area contributed by atoms with Gasteiger partial charge in [-0.3, -0.25) is 9.59 Å². The Hall–Kier alpha value is -1.06. The topological polar surface area (TPSA) is 57.6 Å². The smallest absolute Gasteiger partial charge is 0.306 e. The summed E-state index contributed by atoms with van der Waals surface area (Å²) in [6.45, 7) is 1.28. The van der Waals surface area contributed by atoms with Crippen LogP contribution in [0.2, 0.25) is 0 Å². The van der Waals surface area contributed by atoms with Gasteiger partial charge < -0.3 is 10.0 Å². The highest BCUT2D eigenvalue weighted by atomic mass is 16.4. The van der Waals surface area contributed by atoms with E-state index in [1.165, 1.54) is 38.5 Å². The summed E-state index contributed by atoms with van der Waals surface area (Å²) in [6, 6.07) is 0. The first-order valence-corrected chi connectivity index (χ1v) is 9.04. The number of amides is 1. The van der Waals surface area contributed by atoms with Gasteiger partial charge in [-0.25, -0.2) is 0 Å². The predicted molar refractivity (Wildman–Crippen MR) is 82.2 cm³/mol. The van der Waals surface area contributed by atoms with Gasteiger partial charge in [0.25, 0.3) is 0 Å². The largest absolute Gasteiger partial charge is 0.481 e. The first-order valence-electron chi connectivity index (χ1n) is 9.04. The van der Waals surface area contributed by atoms with Gasteiger partial charge in [-0.1, -0.05) is 0 Å². The van der Waals surface area contributed by atoms with Crippen LogP contribution < -0.4 is 0 Å². The highest BCUT2D eigenvalue weighted by Crippen LogP contribution is 2.61. The van der Waals surface area contributed by atoms with E-state index in [1.807, 2.05) is 4.90 Å². The predicted octanol–water partition coefficient (Wildman–Crippen LogP) is 2.92. The number of nitrogens with zero attached hydrogens (tertiary/aromatic N) is 1. The number of hydrogen-bond donors (Lipinski definition) is 1. The highest BCUT2D eigenvalue weighted by Gasteiger charge is 2.51. The van der Waals surface area contributed by atoms with E-state index in [0.29, 0.717) is 37.3 Å². The molecule has 1 aliphatic heterocycles. The maximum Gasteiger partial charge on any atom is 0.306 e. The minimum atomic E-state index is -0.701. The van der Waals surface area contributed by atoms with Crippen molar-refractivity contribution >= 4 is 11.9 Å². The molecule has 0 unspecified atom stereocenters. The van der Waals surface area contributed by atoms with E-state index in [1.54, 1.807) is 0 Å². The van der Waals surface area contributed by atoms with Crippen LogP contribution in [0.3, 0.4) is 0 Å². The fraction of sp³-hybridized carbons (Fsp3) is 0.889. The fourth-order valence-electron chi connectivity index (χ4n) is 6.31. The van der Waals surface area contributed by atoms with Crippen LogP contribution in [0.1, 0.15) is 57.8 Å². The number of carbonyl (C=O) groups excluding carboxylic acids is 1. The lowest BCUT2D eigenvalue weighted by Crippen LogP contribution is -2.49. The second-order valence-electron chi connectivity index (χ2n) is 8.59. The summed E-state index contributed by atoms with van der Waals surface area (Å²) in [7, 11) is 0. The van der Waals surface area contributed by atoms with Crippen molar-refractivity contribution in [1.29, 1.82) is 0 Å². The Balaban J connectivity index is 1.37. The Kier molecular flexibility index (Phi) is 3.46. The third-order valence-corrected chi connectivity index (χ3v) is 6.89. The van der Waals surface area contributed by atoms with Gasteiger partial charge in [0.1, 0.15) is 0 Å². The molecule has 5 fully saturated rings. The van der Waals surface area contributed by atoms with Gasteiger partial charge in [-0.15, -0.1) is 0 Å². The van der Waals surface area contributed by atoms with E-state index in [-0.39, 0.29) is 5.92 Å². The van der Waals surface area contributed by atoms with Crippen LogP contribution in [0.4, 0.5) is 0 Å². The maximum atomic E-state index is 12.7. The number of hydrogen-bond acceptors (Lipinski definition) is 2. The molecular formula is C18H27NO3. The fourth-order valence-corrected chi connectivity index (χ4v) is 6.31. The first-order chi connectivity index (χ1) is 10.5. The van der Waals surface area contributed by atoms with Crippen molar-refractivity contribution in [1.82, 2.24) is 4.90 Å². The van der Waals surface area contributed by atoms with Gasteiger partial charge in [0.2, 0.25) is 5.91 Å². The van der Waals surface area contributed by atoms with Crippen molar-refractivity contribution in [3.05, 3.63) is 0 Å². The highest BCUT2D eigenvalue weighted by molar-refractivity contribution is 5.77. The van der Waals surface area contributed by atoms with E-state index in [0.717, 1.165) is 24.2 Å². The molecule has 1 amide bonds. The van der Waals surface area contributed by atoms with Crippen molar-refractivity contribution in [2.45, 2.75) is 57.8 Å². The minimum absolute atomic E-state index is 0.247. The molecular weight excluding hydrogens is 278 g/mol. The molecule has 4 saturated carbocycles. The standard InChI is InChI=1S/C18H27NO3/c20-16(19-3-1-15(2-4-19)17(21)22)11-18-8-12-5-13(9-18)7-14(6-12)10-18/h12-15H,1-11H2,(H,21,22). The number of rotatable bonds is 3. The van der Waals surface area contributed by atoms with Crippen LogP contribution in [0.5, 0.6) is 0 Å². The van der Waals surface area contributed by atoms with Crippen LogP contribution in [0.15, 0.2) is 0 Å². The lowest BCUT2D eigenvalue weighted by molar-refractivity contribution is -0.148. The lowest BCUT2D eigenvalue weighted by atomic mass is 9.49. The first kappa shape index (κ1) is 14.5. The Bertz CT molecular complexity index is 443. The molecule has 1 saturated heterocycles. The van der Waals surface area contributed by atoms with Crippen molar-refractivity contribution in [3.8, 4) is 0 Å². The van der Waals surface area contributed by atoms with E-state index in [4.69, 9.17) is 5.11 Å². The second kappa shape index (κ2) is 5.24. The molecule has 1 heterocycles. The van der Waals surface area contributed by atoms with Crippen LogP contribution in [-0.2, 0) is 9.59 Å². The van der Waals surface area contributed by atoms with Crippen LogP contribution >= 0.6 is 0 Å². The SMILES string of the molecule is O=C(O)C1CCN(C(=O)CC23CC4CC(CC(C4)C2)C3)CC1. The Morgan fingerprint density at radius 1 is 0.955 bits per heavy atom. The number of carboxylic acids is 1. The van der Waals surface area contributed by atoms with Gasteiger partial charge >= 0.3 is 5.97 Å². The third kappa shape index (κ3) is 2.55. The molecule has 0 aromatic carbocycles. The normalized spacial score (nSPS) is 40.9. The second-order valence-corrected chi connectivity index (χ2v) is 8.59. The van der Waals surface area contributed by atoms with Crippen molar-refractivity contribution in [2.24, 2.45) is 29.1 Å². The van der Waals surface area contributed by atoms with Crippen molar-refractivity contribution in [2.75, 3.05) is 13.1 Å². The molecule has 1 N–H and O–H groups in total.